The maximum atomic E-state index is 12.3. The van der Waals surface area contributed by atoms with Crippen molar-refractivity contribution in [3.05, 3.63) is 201 Å². The summed E-state index contributed by atoms with van der Waals surface area (Å²) in [5, 5.41) is 0. The van der Waals surface area contributed by atoms with Crippen molar-refractivity contribution < 1.29 is 28.6 Å². The molecule has 0 bridgehead atoms. The molecule has 0 spiro atoms. The molecule has 53 heavy (non-hydrogen) atoms. The fourth-order valence-corrected chi connectivity index (χ4v) is 6.95. The molecule has 7 aromatic rings. The predicted octanol–water partition coefficient (Wildman–Crippen LogP) is 7.90. The second-order valence-corrected chi connectivity index (χ2v) is 12.6. The Bertz CT molecular complexity index is 2160. The Labute approximate surface area is 306 Å². The molecule has 266 valence electrons. The highest BCUT2D eigenvalue weighted by atomic mass is 16.5. The molecule has 0 saturated carbocycles. The number of methoxy groups -OCH3 is 3. The molecule has 0 aliphatic heterocycles. The first-order valence-corrected chi connectivity index (χ1v) is 17.1. The van der Waals surface area contributed by atoms with Gasteiger partial charge >= 0.3 is 17.9 Å². The third-order valence-electron chi connectivity index (χ3n) is 9.57. The summed E-state index contributed by atoms with van der Waals surface area (Å²) in [6, 6.07) is 38.6. The molecular weight excluding hydrogens is 668 g/mol. The van der Waals surface area contributed by atoms with Crippen LogP contribution in [0.15, 0.2) is 134 Å². The number of ether oxygens (including phenoxy) is 3. The number of hydrogen-bond acceptors (Lipinski definition) is 6. The fourth-order valence-electron chi connectivity index (χ4n) is 6.95. The highest BCUT2D eigenvalue weighted by Gasteiger charge is 2.27. The summed E-state index contributed by atoms with van der Waals surface area (Å²) >= 11 is 0. The largest absolute Gasteiger partial charge is 0.465 e. The van der Waals surface area contributed by atoms with E-state index in [1.54, 1.807) is 36.4 Å². The second kappa shape index (κ2) is 15.2. The maximum absolute atomic E-state index is 12.3. The quantitative estimate of drug-likeness (QED) is 0.0752. The Morgan fingerprint density at radius 1 is 0.396 bits per heavy atom. The number of H-pyrrole nitrogens is 4. The Morgan fingerprint density at radius 2 is 0.679 bits per heavy atom. The number of hydrogen-bond donors (Lipinski definition) is 4. The molecule has 4 heterocycles. The van der Waals surface area contributed by atoms with Gasteiger partial charge in [0.1, 0.15) is 0 Å². The average molecular weight is 707 g/mol. The van der Waals surface area contributed by atoms with Gasteiger partial charge in [-0.1, -0.05) is 36.4 Å². The third kappa shape index (κ3) is 7.07. The van der Waals surface area contributed by atoms with Crippen LogP contribution in [0.4, 0.5) is 0 Å². The van der Waals surface area contributed by atoms with E-state index in [-0.39, 0.29) is 17.8 Å². The zero-order chi connectivity index (χ0) is 36.9. The standard InChI is InChI=1S/C43H38N4O6/c1-51-41(48)29-14-8-26(9-15-29)38(32-6-4-24-44-32)34-20-22-36(46-34)40(28-12-18-31(19-13-28)43(50)53-3)37-23-21-35(47-37)39(33-7-5-25-45-33)27-10-16-30(17-11-27)42(49)52-2/h4-25,38-40,44-47H,1-3H3. The zero-order valence-electron chi connectivity index (χ0n) is 29.4. The minimum Gasteiger partial charge on any atom is -0.465 e. The molecule has 0 amide bonds. The van der Waals surface area contributed by atoms with Crippen LogP contribution in [-0.2, 0) is 14.2 Å². The van der Waals surface area contributed by atoms with Crippen LogP contribution in [0.5, 0.6) is 0 Å². The molecule has 0 fully saturated rings. The van der Waals surface area contributed by atoms with Gasteiger partial charge in [0.15, 0.2) is 0 Å². The summed E-state index contributed by atoms with van der Waals surface area (Å²) in [6.07, 6.45) is 3.79. The van der Waals surface area contributed by atoms with Crippen LogP contribution < -0.4 is 0 Å². The number of benzene rings is 3. The van der Waals surface area contributed by atoms with Crippen LogP contribution in [0.25, 0.3) is 0 Å². The average Bonchev–Trinajstić information content (AvgIpc) is 4.06. The van der Waals surface area contributed by atoms with E-state index < -0.39 is 17.9 Å². The van der Waals surface area contributed by atoms with Gasteiger partial charge in [-0.2, -0.15) is 0 Å². The van der Waals surface area contributed by atoms with E-state index in [0.717, 1.165) is 50.9 Å². The molecule has 10 nitrogen and oxygen atoms in total. The Kier molecular flexibility index (Phi) is 9.93. The summed E-state index contributed by atoms with van der Waals surface area (Å²) < 4.78 is 14.8. The van der Waals surface area contributed by atoms with Crippen LogP contribution in [0.1, 0.15) is 99.7 Å². The summed E-state index contributed by atoms with van der Waals surface area (Å²) in [5.41, 5.74) is 10.1. The lowest BCUT2D eigenvalue weighted by Gasteiger charge is -2.19. The normalized spacial score (nSPS) is 12.8. The van der Waals surface area contributed by atoms with E-state index >= 15 is 0 Å². The molecule has 0 aliphatic carbocycles. The van der Waals surface area contributed by atoms with Crippen molar-refractivity contribution in [1.82, 2.24) is 19.9 Å². The van der Waals surface area contributed by atoms with Crippen molar-refractivity contribution in [2.45, 2.75) is 17.8 Å². The molecular formula is C43H38N4O6. The molecule has 0 radical (unpaired) electrons. The van der Waals surface area contributed by atoms with Gasteiger partial charge in [-0.05, 0) is 102 Å². The SMILES string of the molecule is COC(=O)c1ccc(C(c2ccc[nH]2)c2ccc(C(c3ccc(C(=O)OC)cc3)c3ccc(C(c4ccc(C(=O)OC)cc4)c4ccc[nH]4)[nH]3)[nH]2)cc1. The lowest BCUT2D eigenvalue weighted by Crippen LogP contribution is -2.10. The first-order valence-electron chi connectivity index (χ1n) is 17.1. The highest BCUT2D eigenvalue weighted by molar-refractivity contribution is 5.90. The van der Waals surface area contributed by atoms with Crippen LogP contribution in [0.3, 0.4) is 0 Å². The van der Waals surface area contributed by atoms with Gasteiger partial charge in [-0.15, -0.1) is 0 Å². The number of rotatable bonds is 12. The van der Waals surface area contributed by atoms with E-state index in [1.165, 1.54) is 21.3 Å². The van der Waals surface area contributed by atoms with E-state index in [0.29, 0.717) is 16.7 Å². The minimum atomic E-state index is -0.406. The summed E-state index contributed by atoms with van der Waals surface area (Å²) in [6.45, 7) is 0. The zero-order valence-corrected chi connectivity index (χ0v) is 29.4. The Hall–Kier alpha value is -6.81. The highest BCUT2D eigenvalue weighted by Crippen LogP contribution is 2.38. The van der Waals surface area contributed by atoms with Gasteiger partial charge in [-0.3, -0.25) is 0 Å². The van der Waals surface area contributed by atoms with Gasteiger partial charge < -0.3 is 34.1 Å². The Morgan fingerprint density at radius 3 is 0.925 bits per heavy atom. The maximum Gasteiger partial charge on any atom is 0.337 e. The van der Waals surface area contributed by atoms with Crippen molar-refractivity contribution in [3.8, 4) is 0 Å². The Balaban J connectivity index is 1.30. The molecule has 2 atom stereocenters. The number of aromatic amines is 4. The van der Waals surface area contributed by atoms with Crippen molar-refractivity contribution >= 4 is 17.9 Å². The van der Waals surface area contributed by atoms with E-state index in [1.807, 2.05) is 73.1 Å². The molecule has 2 unspecified atom stereocenters. The van der Waals surface area contributed by atoms with Crippen molar-refractivity contribution in [3.63, 3.8) is 0 Å². The van der Waals surface area contributed by atoms with Crippen LogP contribution in [-0.4, -0.2) is 59.2 Å². The molecule has 4 aromatic heterocycles. The summed E-state index contributed by atoms with van der Waals surface area (Å²) in [5.74, 6) is -1.83. The number of esters is 3. The van der Waals surface area contributed by atoms with E-state index in [2.05, 4.69) is 44.2 Å². The molecule has 4 N–H and O–H groups in total. The molecule has 3 aromatic carbocycles. The van der Waals surface area contributed by atoms with Gasteiger partial charge in [0.05, 0.1) is 55.8 Å². The molecule has 7 rings (SSSR count). The van der Waals surface area contributed by atoms with Gasteiger partial charge in [-0.25, -0.2) is 14.4 Å². The number of carbonyl (C=O) groups excluding carboxylic acids is 3. The lowest BCUT2D eigenvalue weighted by molar-refractivity contribution is 0.0592. The monoisotopic (exact) mass is 706 g/mol. The summed E-state index contributed by atoms with van der Waals surface area (Å²) in [7, 11) is 4.11. The van der Waals surface area contributed by atoms with Gasteiger partial charge in [0, 0.05) is 46.6 Å². The number of aromatic nitrogens is 4. The fraction of sp³-hybridized carbons (Fsp3) is 0.140. The molecule has 0 aliphatic rings. The summed E-state index contributed by atoms with van der Waals surface area (Å²) in [4.78, 5) is 50.9. The van der Waals surface area contributed by atoms with Crippen molar-refractivity contribution in [2.75, 3.05) is 21.3 Å². The van der Waals surface area contributed by atoms with Crippen LogP contribution >= 0.6 is 0 Å². The third-order valence-corrected chi connectivity index (χ3v) is 9.57. The number of nitrogens with one attached hydrogen (secondary N) is 4. The molecule has 0 saturated heterocycles. The number of carbonyl (C=O) groups is 3. The topological polar surface area (TPSA) is 142 Å². The lowest BCUT2D eigenvalue weighted by atomic mass is 9.91. The van der Waals surface area contributed by atoms with Crippen molar-refractivity contribution in [1.29, 1.82) is 0 Å². The van der Waals surface area contributed by atoms with Crippen molar-refractivity contribution in [2.24, 2.45) is 0 Å². The molecule has 10 heteroatoms. The minimum absolute atomic E-state index is 0.183. The van der Waals surface area contributed by atoms with Crippen LogP contribution in [0.2, 0.25) is 0 Å². The second-order valence-electron chi connectivity index (χ2n) is 12.6. The van der Waals surface area contributed by atoms with Gasteiger partial charge in [0.2, 0.25) is 0 Å². The first kappa shape index (κ1) is 34.6. The van der Waals surface area contributed by atoms with E-state index in [4.69, 9.17) is 14.2 Å². The van der Waals surface area contributed by atoms with Crippen LogP contribution in [0, 0.1) is 0 Å². The van der Waals surface area contributed by atoms with E-state index in [9.17, 15) is 14.4 Å². The van der Waals surface area contributed by atoms with Gasteiger partial charge in [0.25, 0.3) is 0 Å². The first-order chi connectivity index (χ1) is 25.9. The predicted molar refractivity (Wildman–Crippen MR) is 199 cm³/mol. The smallest absolute Gasteiger partial charge is 0.337 e.